The first-order chi connectivity index (χ1) is 10.6. The number of carbonyl (C=O) groups is 1. The zero-order valence-corrected chi connectivity index (χ0v) is 12.9. The SMILES string of the molecule is NC1CCC(NC(=O)c2cnc(-c3ccccc3F)s2)CC1. The molecule has 0 radical (unpaired) electrons. The summed E-state index contributed by atoms with van der Waals surface area (Å²) < 4.78 is 13.7. The minimum Gasteiger partial charge on any atom is -0.349 e. The van der Waals surface area contributed by atoms with Gasteiger partial charge in [0.15, 0.2) is 0 Å². The van der Waals surface area contributed by atoms with E-state index < -0.39 is 0 Å². The molecule has 1 aromatic heterocycles. The van der Waals surface area contributed by atoms with Crippen molar-refractivity contribution in [1.29, 1.82) is 0 Å². The van der Waals surface area contributed by atoms with Crippen LogP contribution < -0.4 is 11.1 Å². The molecular weight excluding hydrogens is 301 g/mol. The van der Waals surface area contributed by atoms with Crippen LogP contribution in [0.4, 0.5) is 4.39 Å². The molecule has 1 heterocycles. The van der Waals surface area contributed by atoms with Gasteiger partial charge in [0, 0.05) is 17.6 Å². The first-order valence-electron chi connectivity index (χ1n) is 7.40. The predicted octanol–water partition coefficient (Wildman–Crippen LogP) is 2.95. The molecule has 0 bridgehead atoms. The number of rotatable bonds is 3. The molecule has 1 saturated carbocycles. The van der Waals surface area contributed by atoms with Crippen LogP contribution in [0.2, 0.25) is 0 Å². The van der Waals surface area contributed by atoms with Gasteiger partial charge >= 0.3 is 0 Å². The second-order valence-electron chi connectivity index (χ2n) is 5.59. The Morgan fingerprint density at radius 1 is 1.27 bits per heavy atom. The lowest BCUT2D eigenvalue weighted by Gasteiger charge is -2.26. The summed E-state index contributed by atoms with van der Waals surface area (Å²) in [7, 11) is 0. The first kappa shape index (κ1) is 15.1. The van der Waals surface area contributed by atoms with Crippen molar-refractivity contribution in [1.82, 2.24) is 10.3 Å². The highest BCUT2D eigenvalue weighted by Gasteiger charge is 2.21. The Kier molecular flexibility index (Phi) is 4.49. The van der Waals surface area contributed by atoms with E-state index in [1.54, 1.807) is 18.2 Å². The van der Waals surface area contributed by atoms with Gasteiger partial charge in [0.1, 0.15) is 15.7 Å². The highest BCUT2D eigenvalue weighted by atomic mass is 32.1. The summed E-state index contributed by atoms with van der Waals surface area (Å²) in [5.74, 6) is -0.467. The molecule has 3 N–H and O–H groups in total. The zero-order valence-electron chi connectivity index (χ0n) is 12.1. The van der Waals surface area contributed by atoms with Crippen LogP contribution in [0, 0.1) is 5.82 Å². The Labute approximate surface area is 132 Å². The van der Waals surface area contributed by atoms with E-state index in [4.69, 9.17) is 5.73 Å². The Morgan fingerprint density at radius 3 is 2.73 bits per heavy atom. The van der Waals surface area contributed by atoms with Crippen LogP contribution in [0.15, 0.2) is 30.5 Å². The van der Waals surface area contributed by atoms with Crippen LogP contribution in [-0.2, 0) is 0 Å². The van der Waals surface area contributed by atoms with Gasteiger partial charge in [0.25, 0.3) is 5.91 Å². The maximum atomic E-state index is 13.7. The second kappa shape index (κ2) is 6.54. The van der Waals surface area contributed by atoms with Crippen LogP contribution in [0.1, 0.15) is 35.4 Å². The number of hydrogen-bond acceptors (Lipinski definition) is 4. The number of amides is 1. The summed E-state index contributed by atoms with van der Waals surface area (Å²) in [6.45, 7) is 0. The summed E-state index contributed by atoms with van der Waals surface area (Å²) in [6.07, 6.45) is 5.20. The van der Waals surface area contributed by atoms with E-state index in [9.17, 15) is 9.18 Å². The summed E-state index contributed by atoms with van der Waals surface area (Å²) in [5.41, 5.74) is 6.29. The molecule has 1 aliphatic rings. The van der Waals surface area contributed by atoms with Gasteiger partial charge in [-0.15, -0.1) is 11.3 Å². The fourth-order valence-corrected chi connectivity index (χ4v) is 3.50. The lowest BCUT2D eigenvalue weighted by molar-refractivity contribution is 0.0930. The van der Waals surface area contributed by atoms with Crippen LogP contribution in [0.5, 0.6) is 0 Å². The third-order valence-electron chi connectivity index (χ3n) is 3.94. The third-order valence-corrected chi connectivity index (χ3v) is 4.97. The predicted molar refractivity (Wildman–Crippen MR) is 85.2 cm³/mol. The van der Waals surface area contributed by atoms with E-state index in [0.29, 0.717) is 15.4 Å². The van der Waals surface area contributed by atoms with Crippen molar-refractivity contribution >= 4 is 17.2 Å². The van der Waals surface area contributed by atoms with Crippen molar-refractivity contribution in [3.63, 3.8) is 0 Å². The topological polar surface area (TPSA) is 68.0 Å². The number of carbonyl (C=O) groups excluding carboxylic acids is 1. The number of nitrogens with two attached hydrogens (primary N) is 1. The van der Waals surface area contributed by atoms with Crippen molar-refractivity contribution in [2.75, 3.05) is 0 Å². The molecule has 0 unspecified atom stereocenters. The van der Waals surface area contributed by atoms with Crippen molar-refractivity contribution < 1.29 is 9.18 Å². The molecule has 1 amide bonds. The van der Waals surface area contributed by atoms with Crippen molar-refractivity contribution in [3.05, 3.63) is 41.2 Å². The molecular formula is C16H18FN3OS. The third kappa shape index (κ3) is 3.34. The highest BCUT2D eigenvalue weighted by molar-refractivity contribution is 7.16. The van der Waals surface area contributed by atoms with Gasteiger partial charge in [-0.1, -0.05) is 12.1 Å². The van der Waals surface area contributed by atoms with Gasteiger partial charge in [0.05, 0.1) is 6.20 Å². The monoisotopic (exact) mass is 319 g/mol. The molecule has 116 valence electrons. The number of halogens is 1. The minimum atomic E-state index is -0.329. The molecule has 3 rings (SSSR count). The smallest absolute Gasteiger partial charge is 0.263 e. The van der Waals surface area contributed by atoms with E-state index in [0.717, 1.165) is 25.7 Å². The van der Waals surface area contributed by atoms with E-state index >= 15 is 0 Å². The normalized spacial score (nSPS) is 21.5. The Morgan fingerprint density at radius 2 is 2.00 bits per heavy atom. The van der Waals surface area contributed by atoms with Crippen molar-refractivity contribution in [2.24, 2.45) is 5.73 Å². The number of aromatic nitrogens is 1. The Bertz CT molecular complexity index is 665. The number of hydrogen-bond donors (Lipinski definition) is 2. The molecule has 6 heteroatoms. The van der Waals surface area contributed by atoms with E-state index in [1.165, 1.54) is 23.6 Å². The van der Waals surface area contributed by atoms with Crippen LogP contribution in [-0.4, -0.2) is 23.0 Å². The highest BCUT2D eigenvalue weighted by Crippen LogP contribution is 2.27. The van der Waals surface area contributed by atoms with Crippen LogP contribution in [0.3, 0.4) is 0 Å². The molecule has 1 fully saturated rings. The number of benzene rings is 1. The summed E-state index contributed by atoms with van der Waals surface area (Å²) in [5, 5.41) is 3.54. The molecule has 0 aliphatic heterocycles. The average molecular weight is 319 g/mol. The van der Waals surface area contributed by atoms with E-state index in [1.807, 2.05) is 0 Å². The van der Waals surface area contributed by atoms with Crippen molar-refractivity contribution in [2.45, 2.75) is 37.8 Å². The molecule has 2 aromatic rings. The van der Waals surface area contributed by atoms with E-state index in [-0.39, 0.29) is 23.8 Å². The van der Waals surface area contributed by atoms with Gasteiger partial charge in [-0.05, 0) is 37.8 Å². The largest absolute Gasteiger partial charge is 0.349 e. The van der Waals surface area contributed by atoms with Crippen molar-refractivity contribution in [3.8, 4) is 10.6 Å². The summed E-state index contributed by atoms with van der Waals surface area (Å²) in [6, 6.07) is 6.87. The molecule has 0 saturated heterocycles. The van der Waals surface area contributed by atoms with Gasteiger partial charge < -0.3 is 11.1 Å². The fourth-order valence-electron chi connectivity index (χ4n) is 2.66. The second-order valence-corrected chi connectivity index (χ2v) is 6.63. The maximum Gasteiger partial charge on any atom is 0.263 e. The standard InChI is InChI=1S/C16H18FN3OS/c17-13-4-2-1-3-12(13)16-19-9-14(22-16)15(21)20-11-7-5-10(18)6-8-11/h1-4,9-11H,5-8,18H2,(H,20,21). The quantitative estimate of drug-likeness (QED) is 0.914. The summed E-state index contributed by atoms with van der Waals surface area (Å²) in [4.78, 5) is 16.9. The molecule has 22 heavy (non-hydrogen) atoms. The van der Waals surface area contributed by atoms with Gasteiger partial charge in [-0.3, -0.25) is 4.79 Å². The molecule has 0 spiro atoms. The summed E-state index contributed by atoms with van der Waals surface area (Å²) >= 11 is 1.21. The van der Waals surface area contributed by atoms with E-state index in [2.05, 4.69) is 10.3 Å². The van der Waals surface area contributed by atoms with Crippen LogP contribution in [0.25, 0.3) is 10.6 Å². The molecule has 1 aromatic carbocycles. The van der Waals surface area contributed by atoms with Crippen LogP contribution >= 0.6 is 11.3 Å². The maximum absolute atomic E-state index is 13.7. The molecule has 4 nitrogen and oxygen atoms in total. The van der Waals surface area contributed by atoms with Gasteiger partial charge in [-0.25, -0.2) is 9.37 Å². The lowest BCUT2D eigenvalue weighted by Crippen LogP contribution is -2.40. The Balaban J connectivity index is 1.68. The lowest BCUT2D eigenvalue weighted by atomic mass is 9.92. The van der Waals surface area contributed by atoms with Gasteiger partial charge in [0.2, 0.25) is 0 Å². The first-order valence-corrected chi connectivity index (χ1v) is 8.22. The number of nitrogens with zero attached hydrogens (tertiary/aromatic N) is 1. The average Bonchev–Trinajstić information content (AvgIpc) is 3.00. The number of nitrogens with one attached hydrogen (secondary N) is 1. The minimum absolute atomic E-state index is 0.138. The molecule has 1 aliphatic carbocycles. The van der Waals surface area contributed by atoms with Gasteiger partial charge in [-0.2, -0.15) is 0 Å². The zero-order chi connectivity index (χ0) is 15.5. The Hall–Kier alpha value is -1.79. The fraction of sp³-hybridized carbons (Fsp3) is 0.375. The molecule has 0 atom stereocenters. The number of thiazole rings is 1.